The fourth-order valence-corrected chi connectivity index (χ4v) is 5.00. The number of hydrogen-bond donors (Lipinski definition) is 0. The summed E-state index contributed by atoms with van der Waals surface area (Å²) >= 11 is 6.25. The summed E-state index contributed by atoms with van der Waals surface area (Å²) in [5.41, 5.74) is 2.81. The van der Waals surface area contributed by atoms with Gasteiger partial charge >= 0.3 is 0 Å². The quantitative estimate of drug-likeness (QED) is 0.420. The van der Waals surface area contributed by atoms with Gasteiger partial charge in [-0.25, -0.2) is 13.4 Å². The molecule has 9 heteroatoms. The zero-order valence-electron chi connectivity index (χ0n) is 17.9. The first-order valence-corrected chi connectivity index (χ1v) is 12.0. The first kappa shape index (κ1) is 21.5. The molecule has 0 saturated carbocycles. The van der Waals surface area contributed by atoms with Crippen molar-refractivity contribution in [3.63, 3.8) is 0 Å². The van der Waals surface area contributed by atoms with Crippen LogP contribution < -0.4 is 4.90 Å². The molecule has 0 N–H and O–H groups in total. The second-order valence-electron chi connectivity index (χ2n) is 7.75. The van der Waals surface area contributed by atoms with E-state index < -0.39 is 9.84 Å². The highest BCUT2D eigenvalue weighted by atomic mass is 35.5. The van der Waals surface area contributed by atoms with Gasteiger partial charge in [0.25, 0.3) is 0 Å². The molecule has 31 heavy (non-hydrogen) atoms. The third kappa shape index (κ3) is 3.74. The van der Waals surface area contributed by atoms with E-state index in [1.165, 1.54) is 4.52 Å². The van der Waals surface area contributed by atoms with E-state index in [4.69, 9.17) is 16.6 Å². The molecule has 0 atom stereocenters. The first-order valence-electron chi connectivity index (χ1n) is 10.1. The highest BCUT2D eigenvalue weighted by Gasteiger charge is 2.28. The minimum atomic E-state index is -3.90. The van der Waals surface area contributed by atoms with Crippen molar-refractivity contribution in [1.29, 1.82) is 0 Å². The molecule has 0 aliphatic rings. The van der Waals surface area contributed by atoms with E-state index in [0.717, 1.165) is 35.9 Å². The number of anilines is 1. The lowest BCUT2D eigenvalue weighted by Gasteiger charge is -2.20. The topological polar surface area (TPSA) is 80.5 Å². The Kier molecular flexibility index (Phi) is 5.61. The minimum absolute atomic E-state index is 0.155. The number of aromatic nitrogens is 4. The van der Waals surface area contributed by atoms with Gasteiger partial charge in [0.1, 0.15) is 5.82 Å². The van der Waals surface area contributed by atoms with Gasteiger partial charge in [0.05, 0.1) is 10.4 Å². The van der Waals surface area contributed by atoms with Gasteiger partial charge in [-0.2, -0.15) is 4.52 Å². The number of benzene rings is 2. The summed E-state index contributed by atoms with van der Waals surface area (Å²) in [7, 11) is -1.96. The number of nitrogens with zero attached hydrogens (tertiary/aromatic N) is 5. The molecule has 0 bridgehead atoms. The average Bonchev–Trinajstić information content (AvgIpc) is 3.18. The van der Waals surface area contributed by atoms with Crippen molar-refractivity contribution < 1.29 is 8.42 Å². The van der Waals surface area contributed by atoms with Crippen LogP contribution in [0.5, 0.6) is 0 Å². The Morgan fingerprint density at radius 3 is 2.58 bits per heavy atom. The Labute approximate surface area is 186 Å². The number of rotatable bonds is 6. The van der Waals surface area contributed by atoms with E-state index in [9.17, 15) is 8.42 Å². The van der Waals surface area contributed by atoms with Crippen LogP contribution in [0.3, 0.4) is 0 Å². The molecular weight excluding hydrogens is 434 g/mol. The van der Waals surface area contributed by atoms with Gasteiger partial charge in [-0.3, -0.25) is 0 Å². The zero-order valence-corrected chi connectivity index (χ0v) is 19.5. The van der Waals surface area contributed by atoms with Crippen molar-refractivity contribution in [1.82, 2.24) is 19.8 Å². The van der Waals surface area contributed by atoms with E-state index >= 15 is 0 Å². The summed E-state index contributed by atoms with van der Waals surface area (Å²) in [6, 6.07) is 10.4. The van der Waals surface area contributed by atoms with E-state index in [2.05, 4.69) is 17.2 Å². The molecule has 0 aliphatic carbocycles. The van der Waals surface area contributed by atoms with Crippen molar-refractivity contribution in [3.8, 4) is 0 Å². The van der Waals surface area contributed by atoms with Crippen LogP contribution in [0.2, 0.25) is 5.02 Å². The molecule has 2 aromatic heterocycles. The maximum Gasteiger partial charge on any atom is 0.229 e. The second kappa shape index (κ2) is 8.09. The molecule has 2 heterocycles. The van der Waals surface area contributed by atoms with Crippen molar-refractivity contribution in [3.05, 3.63) is 52.5 Å². The Bertz CT molecular complexity index is 1400. The molecule has 162 valence electrons. The summed E-state index contributed by atoms with van der Waals surface area (Å²) in [6.07, 6.45) is 2.02. The zero-order chi connectivity index (χ0) is 22.3. The molecular formula is C22H24ClN5O2S. The molecule has 4 rings (SSSR count). The highest BCUT2D eigenvalue weighted by Crippen LogP contribution is 2.31. The molecule has 7 nitrogen and oxygen atoms in total. The normalized spacial score (nSPS) is 12.0. The molecule has 0 radical (unpaired) electrons. The average molecular weight is 458 g/mol. The smallest absolute Gasteiger partial charge is 0.229 e. The summed E-state index contributed by atoms with van der Waals surface area (Å²) in [4.78, 5) is 6.91. The molecule has 0 aliphatic heterocycles. The van der Waals surface area contributed by atoms with Crippen molar-refractivity contribution >= 4 is 43.8 Å². The Balaban J connectivity index is 1.98. The van der Waals surface area contributed by atoms with Gasteiger partial charge < -0.3 is 4.90 Å². The van der Waals surface area contributed by atoms with Gasteiger partial charge in [0.15, 0.2) is 5.65 Å². The molecule has 0 fully saturated rings. The molecule has 0 saturated heterocycles. The number of halogens is 1. The maximum absolute atomic E-state index is 13.4. The largest absolute Gasteiger partial charge is 0.359 e. The molecule has 0 spiro atoms. The highest BCUT2D eigenvalue weighted by molar-refractivity contribution is 7.91. The van der Waals surface area contributed by atoms with E-state index in [-0.39, 0.29) is 15.6 Å². The maximum atomic E-state index is 13.4. The third-order valence-electron chi connectivity index (χ3n) is 5.51. The summed E-state index contributed by atoms with van der Waals surface area (Å²) in [5, 5.41) is 9.38. The summed E-state index contributed by atoms with van der Waals surface area (Å²) in [5.74, 6) is 0.650. The number of aryl methyl sites for hydroxylation is 2. The molecule has 2 aromatic carbocycles. The standard InChI is InChI=1S/C22H24ClN5O2S/c1-5-6-11-27(4)20-18-13-16(23)8-10-19(18)28-21(24-20)22(25-26-28)31(29,30)17-9-7-14(2)15(3)12-17/h7-10,12-13H,5-6,11H2,1-4H3. The van der Waals surface area contributed by atoms with Crippen LogP contribution in [0.15, 0.2) is 46.3 Å². The van der Waals surface area contributed by atoms with Crippen LogP contribution in [0.25, 0.3) is 16.6 Å². The fraction of sp³-hybridized carbons (Fsp3) is 0.318. The third-order valence-corrected chi connectivity index (χ3v) is 7.39. The molecule has 4 aromatic rings. The SMILES string of the molecule is CCCCN(C)c1nc2c(S(=O)(=O)c3ccc(C)c(C)c3)nnn2c2ccc(Cl)cc12. The van der Waals surface area contributed by atoms with Gasteiger partial charge in [-0.15, -0.1) is 5.10 Å². The first-order chi connectivity index (χ1) is 14.7. The van der Waals surface area contributed by atoms with Crippen molar-refractivity contribution in [2.75, 3.05) is 18.5 Å². The lowest BCUT2D eigenvalue weighted by molar-refractivity contribution is 0.592. The summed E-state index contributed by atoms with van der Waals surface area (Å²) in [6.45, 7) is 6.72. The van der Waals surface area contributed by atoms with Crippen molar-refractivity contribution in [2.24, 2.45) is 0 Å². The fourth-order valence-electron chi connectivity index (χ4n) is 3.51. The Hall–Kier alpha value is -2.71. The minimum Gasteiger partial charge on any atom is -0.359 e. The van der Waals surface area contributed by atoms with Crippen molar-refractivity contribution in [2.45, 2.75) is 43.5 Å². The lowest BCUT2D eigenvalue weighted by Crippen LogP contribution is -2.20. The number of sulfone groups is 1. The Morgan fingerprint density at radius 2 is 1.87 bits per heavy atom. The molecule has 0 amide bonds. The van der Waals surface area contributed by atoms with Crippen LogP contribution in [-0.2, 0) is 9.84 Å². The van der Waals surface area contributed by atoms with Gasteiger partial charge in [0, 0.05) is 24.0 Å². The monoisotopic (exact) mass is 457 g/mol. The van der Waals surface area contributed by atoms with E-state index in [1.54, 1.807) is 24.3 Å². The van der Waals surface area contributed by atoms with E-state index in [0.29, 0.717) is 16.4 Å². The van der Waals surface area contributed by atoms with E-state index in [1.807, 2.05) is 37.9 Å². The predicted molar refractivity (Wildman–Crippen MR) is 123 cm³/mol. The molecule has 0 unspecified atom stereocenters. The van der Waals surface area contributed by atoms with Crippen LogP contribution in [0, 0.1) is 13.8 Å². The second-order valence-corrected chi connectivity index (χ2v) is 10.1. The number of hydrogen-bond acceptors (Lipinski definition) is 6. The Morgan fingerprint density at radius 1 is 1.10 bits per heavy atom. The van der Waals surface area contributed by atoms with Gasteiger partial charge in [0.2, 0.25) is 14.9 Å². The van der Waals surface area contributed by atoms with Crippen LogP contribution >= 0.6 is 11.6 Å². The van der Waals surface area contributed by atoms with Crippen LogP contribution in [0.1, 0.15) is 30.9 Å². The van der Waals surface area contributed by atoms with Crippen LogP contribution in [0.4, 0.5) is 5.82 Å². The number of unbranched alkanes of at least 4 members (excludes halogenated alkanes) is 1. The van der Waals surface area contributed by atoms with Gasteiger partial charge in [-0.05, 0) is 61.7 Å². The van der Waals surface area contributed by atoms with Gasteiger partial charge in [-0.1, -0.05) is 36.2 Å². The predicted octanol–water partition coefficient (Wildman–Crippen LogP) is 4.62. The number of fused-ring (bicyclic) bond motifs is 3. The lowest BCUT2D eigenvalue weighted by atomic mass is 10.1. The summed E-state index contributed by atoms with van der Waals surface area (Å²) < 4.78 is 28.3. The van der Waals surface area contributed by atoms with Crippen LogP contribution in [-0.4, -0.2) is 41.8 Å².